The summed E-state index contributed by atoms with van der Waals surface area (Å²) in [5.74, 6) is 0.376. The van der Waals surface area contributed by atoms with Crippen molar-refractivity contribution in [2.75, 3.05) is 5.73 Å². The number of nitrogens with two attached hydrogens (primary N) is 1. The van der Waals surface area contributed by atoms with Gasteiger partial charge in [-0.05, 0) is 24.6 Å². The maximum absolute atomic E-state index is 6.20. The van der Waals surface area contributed by atoms with Crippen molar-refractivity contribution in [3.63, 3.8) is 0 Å². The van der Waals surface area contributed by atoms with Crippen molar-refractivity contribution in [3.8, 4) is 22.4 Å². The number of benzene rings is 2. The van der Waals surface area contributed by atoms with Gasteiger partial charge >= 0.3 is 0 Å². The molecule has 1 aliphatic heterocycles. The molecule has 0 spiro atoms. The third-order valence-corrected chi connectivity index (χ3v) is 5.07. The number of ether oxygens (including phenoxy) is 2. The Labute approximate surface area is 166 Å². The molecule has 2 aromatic heterocycles. The zero-order chi connectivity index (χ0) is 19.3. The van der Waals surface area contributed by atoms with Gasteiger partial charge in [0.05, 0.1) is 11.1 Å². The van der Waals surface area contributed by atoms with Gasteiger partial charge in [0.15, 0.2) is 24.0 Å². The van der Waals surface area contributed by atoms with Crippen molar-refractivity contribution >= 4 is 28.5 Å². The van der Waals surface area contributed by atoms with Crippen molar-refractivity contribution in [1.82, 2.24) is 15.2 Å². The lowest BCUT2D eigenvalue weighted by Gasteiger charge is -2.36. The lowest BCUT2D eigenvalue weighted by atomic mass is 9.92. The molecule has 4 aromatic rings. The van der Waals surface area contributed by atoms with Crippen LogP contribution in [-0.4, -0.2) is 21.5 Å². The first-order valence-electron chi connectivity index (χ1n) is 8.91. The summed E-state index contributed by atoms with van der Waals surface area (Å²) in [4.78, 5) is 4.81. The maximum atomic E-state index is 6.20. The van der Waals surface area contributed by atoms with Gasteiger partial charge in [0.25, 0.3) is 0 Å². The smallest absolute Gasteiger partial charge is 0.192 e. The summed E-state index contributed by atoms with van der Waals surface area (Å²) in [6.07, 6.45) is -0.814. The lowest BCUT2D eigenvalue weighted by molar-refractivity contribution is -0.382. The molecule has 1 saturated heterocycles. The molecule has 5 rings (SSSR count). The molecule has 1 aliphatic rings. The number of aromatic nitrogens is 3. The summed E-state index contributed by atoms with van der Waals surface area (Å²) in [6.45, 7) is 1.86. The van der Waals surface area contributed by atoms with Gasteiger partial charge in [-0.3, -0.25) is 5.10 Å². The molecular formula is C21H17ClN4O2. The summed E-state index contributed by atoms with van der Waals surface area (Å²) in [5.41, 5.74) is 11.2. The van der Waals surface area contributed by atoms with E-state index in [0.717, 1.165) is 33.3 Å². The quantitative estimate of drug-likeness (QED) is 0.516. The zero-order valence-corrected chi connectivity index (χ0v) is 15.8. The standard InChI is InChI=1S/C21H17ClN4O2/c1-11-27-21(28-11)16-15(12-7-9-14(22)10-8-12)17-19(23)25-26-20(17)24-18(16)13-5-3-2-4-6-13/h2-11,21H,1H3,(H3,23,24,25,26). The summed E-state index contributed by atoms with van der Waals surface area (Å²) in [5, 5.41) is 8.51. The van der Waals surface area contributed by atoms with Crippen LogP contribution in [0.5, 0.6) is 0 Å². The van der Waals surface area contributed by atoms with Gasteiger partial charge in [-0.1, -0.05) is 54.1 Å². The van der Waals surface area contributed by atoms with Crippen LogP contribution < -0.4 is 5.73 Å². The van der Waals surface area contributed by atoms with E-state index >= 15 is 0 Å². The highest BCUT2D eigenvalue weighted by molar-refractivity contribution is 6.30. The third-order valence-electron chi connectivity index (χ3n) is 4.82. The lowest BCUT2D eigenvalue weighted by Crippen LogP contribution is -2.32. The molecule has 3 heterocycles. The van der Waals surface area contributed by atoms with E-state index < -0.39 is 6.29 Å². The number of rotatable bonds is 3. The number of halogens is 1. The van der Waals surface area contributed by atoms with Crippen molar-refractivity contribution in [1.29, 1.82) is 0 Å². The number of H-pyrrole nitrogens is 1. The van der Waals surface area contributed by atoms with Gasteiger partial charge in [0.2, 0.25) is 0 Å². The van der Waals surface area contributed by atoms with Crippen LogP contribution in [0.4, 0.5) is 5.82 Å². The summed E-state index contributed by atoms with van der Waals surface area (Å²) in [7, 11) is 0. The molecule has 0 bridgehead atoms. The number of nitrogens with zero attached hydrogens (tertiary/aromatic N) is 2. The third kappa shape index (κ3) is 2.74. The zero-order valence-electron chi connectivity index (χ0n) is 15.0. The molecule has 6 nitrogen and oxygen atoms in total. The number of pyridine rings is 1. The Kier molecular flexibility index (Phi) is 4.05. The topological polar surface area (TPSA) is 86.0 Å². The van der Waals surface area contributed by atoms with Crippen LogP contribution >= 0.6 is 11.6 Å². The van der Waals surface area contributed by atoms with Crippen molar-refractivity contribution < 1.29 is 9.47 Å². The van der Waals surface area contributed by atoms with Crippen molar-refractivity contribution in [3.05, 3.63) is 65.2 Å². The fourth-order valence-corrected chi connectivity index (χ4v) is 3.68. The SMILES string of the molecule is CC1OC(c2c(-c3ccccc3)nc3[nH]nc(N)c3c2-c2ccc(Cl)cc2)O1. The summed E-state index contributed by atoms with van der Waals surface area (Å²) >= 11 is 6.11. The molecule has 2 aromatic carbocycles. The van der Waals surface area contributed by atoms with Gasteiger partial charge in [-0.15, -0.1) is 0 Å². The average Bonchev–Trinajstić information content (AvgIpc) is 3.06. The molecular weight excluding hydrogens is 376 g/mol. The molecule has 0 unspecified atom stereocenters. The molecule has 0 saturated carbocycles. The number of hydrogen-bond acceptors (Lipinski definition) is 5. The minimum Gasteiger partial charge on any atom is -0.382 e. The van der Waals surface area contributed by atoms with E-state index in [2.05, 4.69) is 10.2 Å². The van der Waals surface area contributed by atoms with Crippen LogP contribution in [-0.2, 0) is 9.47 Å². The number of hydrogen-bond donors (Lipinski definition) is 2. The van der Waals surface area contributed by atoms with Gasteiger partial charge in [0, 0.05) is 21.7 Å². The van der Waals surface area contributed by atoms with Crippen LogP contribution in [0.2, 0.25) is 5.02 Å². The number of nitrogen functional groups attached to an aromatic ring is 1. The first-order valence-corrected chi connectivity index (χ1v) is 9.29. The summed E-state index contributed by atoms with van der Waals surface area (Å²) < 4.78 is 11.8. The van der Waals surface area contributed by atoms with Crippen LogP contribution in [0, 0.1) is 0 Å². The average molecular weight is 393 g/mol. The van der Waals surface area contributed by atoms with Gasteiger partial charge in [0.1, 0.15) is 0 Å². The Morgan fingerprint density at radius 1 is 1.00 bits per heavy atom. The van der Waals surface area contributed by atoms with Crippen molar-refractivity contribution in [2.24, 2.45) is 0 Å². The second kappa shape index (κ2) is 6.60. The Balaban J connectivity index is 1.87. The van der Waals surface area contributed by atoms with E-state index in [1.165, 1.54) is 0 Å². The second-order valence-electron chi connectivity index (χ2n) is 6.63. The summed E-state index contributed by atoms with van der Waals surface area (Å²) in [6, 6.07) is 17.5. The van der Waals surface area contributed by atoms with Crippen LogP contribution in [0.1, 0.15) is 18.8 Å². The molecule has 28 heavy (non-hydrogen) atoms. The van der Waals surface area contributed by atoms with E-state index in [9.17, 15) is 0 Å². The molecule has 0 amide bonds. The van der Waals surface area contributed by atoms with Crippen LogP contribution in [0.3, 0.4) is 0 Å². The van der Waals surface area contributed by atoms with Crippen LogP contribution in [0.25, 0.3) is 33.4 Å². The second-order valence-corrected chi connectivity index (χ2v) is 7.06. The minimum absolute atomic E-state index is 0.274. The Hall–Kier alpha value is -2.93. The van der Waals surface area contributed by atoms with Gasteiger partial charge in [-0.2, -0.15) is 5.10 Å². The Morgan fingerprint density at radius 2 is 1.71 bits per heavy atom. The molecule has 0 radical (unpaired) electrons. The number of anilines is 1. The fraction of sp³-hybridized carbons (Fsp3) is 0.143. The number of fused-ring (bicyclic) bond motifs is 1. The number of aromatic amines is 1. The minimum atomic E-state index is -0.540. The highest BCUT2D eigenvalue weighted by Gasteiger charge is 2.35. The molecule has 140 valence electrons. The predicted octanol–water partition coefficient (Wildman–Crippen LogP) is 4.92. The molecule has 0 atom stereocenters. The normalized spacial score (nSPS) is 18.9. The highest BCUT2D eigenvalue weighted by atomic mass is 35.5. The Bertz CT molecular complexity index is 1150. The van der Waals surface area contributed by atoms with Crippen LogP contribution in [0.15, 0.2) is 54.6 Å². The molecule has 3 N–H and O–H groups in total. The van der Waals surface area contributed by atoms with E-state index in [4.69, 9.17) is 31.8 Å². The van der Waals surface area contributed by atoms with E-state index in [1.807, 2.05) is 61.5 Å². The van der Waals surface area contributed by atoms with E-state index in [-0.39, 0.29) is 6.29 Å². The van der Waals surface area contributed by atoms with Gasteiger partial charge in [-0.25, -0.2) is 4.98 Å². The highest BCUT2D eigenvalue weighted by Crippen LogP contribution is 2.46. The van der Waals surface area contributed by atoms with E-state index in [1.54, 1.807) is 0 Å². The molecule has 7 heteroatoms. The largest absolute Gasteiger partial charge is 0.382 e. The Morgan fingerprint density at radius 3 is 2.39 bits per heavy atom. The predicted molar refractivity (Wildman–Crippen MR) is 109 cm³/mol. The number of nitrogens with one attached hydrogen (secondary N) is 1. The van der Waals surface area contributed by atoms with E-state index in [0.29, 0.717) is 16.5 Å². The fourth-order valence-electron chi connectivity index (χ4n) is 3.56. The van der Waals surface area contributed by atoms with Crippen molar-refractivity contribution in [2.45, 2.75) is 19.5 Å². The molecule has 1 fully saturated rings. The first-order chi connectivity index (χ1) is 13.6. The maximum Gasteiger partial charge on any atom is 0.192 e. The molecule has 0 aliphatic carbocycles. The monoisotopic (exact) mass is 392 g/mol. The van der Waals surface area contributed by atoms with Gasteiger partial charge < -0.3 is 15.2 Å². The first kappa shape index (κ1) is 17.2.